The maximum atomic E-state index is 14.3. The zero-order valence-electron chi connectivity index (χ0n) is 19.4. The molecule has 176 valence electrons. The number of aliphatic hydroxyl groups is 1. The average Bonchev–Trinajstić information content (AvgIpc) is 3.35. The molecule has 0 aliphatic heterocycles. The molecular formula is C29H30FNO3. The first-order valence-corrected chi connectivity index (χ1v) is 11.5. The van der Waals surface area contributed by atoms with Crippen LogP contribution in [0.15, 0.2) is 101 Å². The number of halogens is 1. The van der Waals surface area contributed by atoms with Crippen LogP contribution < -0.4 is 0 Å². The molecule has 5 heteroatoms. The molecule has 1 aromatic heterocycles. The molecule has 0 unspecified atom stereocenters. The van der Waals surface area contributed by atoms with Crippen LogP contribution >= 0.6 is 0 Å². The summed E-state index contributed by atoms with van der Waals surface area (Å²) in [6.45, 7) is 2.28. The van der Waals surface area contributed by atoms with E-state index in [0.29, 0.717) is 36.8 Å². The van der Waals surface area contributed by atoms with Gasteiger partial charge in [0, 0.05) is 32.4 Å². The second-order valence-corrected chi connectivity index (χ2v) is 8.36. The van der Waals surface area contributed by atoms with E-state index < -0.39 is 5.60 Å². The number of nitrogens with zero attached hydrogens (tertiary/aromatic N) is 1. The molecule has 0 radical (unpaired) electrons. The van der Waals surface area contributed by atoms with Crippen molar-refractivity contribution < 1.29 is 18.7 Å². The van der Waals surface area contributed by atoms with Crippen molar-refractivity contribution in [3.8, 4) is 0 Å². The largest absolute Gasteiger partial charge is 0.461 e. The normalized spacial score (nSPS) is 11.8. The van der Waals surface area contributed by atoms with E-state index in [9.17, 15) is 9.50 Å². The van der Waals surface area contributed by atoms with Crippen LogP contribution in [0.1, 0.15) is 34.6 Å². The smallest absolute Gasteiger partial charge is 0.173 e. The number of benzene rings is 3. The molecule has 4 nitrogen and oxygen atoms in total. The Kier molecular flexibility index (Phi) is 7.91. The summed E-state index contributed by atoms with van der Waals surface area (Å²) in [5.74, 6) is 0.929. The fourth-order valence-corrected chi connectivity index (χ4v) is 4.20. The monoisotopic (exact) mass is 459 g/mol. The predicted molar refractivity (Wildman–Crippen MR) is 131 cm³/mol. The number of rotatable bonds is 11. The zero-order valence-corrected chi connectivity index (χ0v) is 19.4. The highest BCUT2D eigenvalue weighted by molar-refractivity contribution is 5.43. The molecule has 1 N–H and O–H groups in total. The van der Waals surface area contributed by atoms with Crippen LogP contribution in [0.4, 0.5) is 4.39 Å². The maximum absolute atomic E-state index is 14.3. The number of hydrogen-bond donors (Lipinski definition) is 1. The average molecular weight is 460 g/mol. The molecule has 0 amide bonds. The number of ether oxygens (including phenoxy) is 1. The standard InChI is InChI=1S/C29H30FNO3/c1-33-20-10-19-31(21-23-11-8-9-16-27(23)30)22-26-17-18-28(34-26)29(32,24-12-4-2-5-13-24)25-14-6-3-7-15-25/h2-9,11-18,32H,10,19-22H2,1H3. The minimum atomic E-state index is -1.42. The summed E-state index contributed by atoms with van der Waals surface area (Å²) in [6.07, 6.45) is 0.816. The molecule has 0 bridgehead atoms. The molecule has 0 spiro atoms. The zero-order chi connectivity index (χ0) is 23.8. The summed E-state index contributed by atoms with van der Waals surface area (Å²) >= 11 is 0. The fourth-order valence-electron chi connectivity index (χ4n) is 4.20. The number of furan rings is 1. The van der Waals surface area contributed by atoms with Crippen LogP contribution in [-0.4, -0.2) is 30.3 Å². The quantitative estimate of drug-likeness (QED) is 0.291. The van der Waals surface area contributed by atoms with Crippen molar-refractivity contribution in [1.29, 1.82) is 0 Å². The summed E-state index contributed by atoms with van der Waals surface area (Å²) in [6, 6.07) is 29.6. The van der Waals surface area contributed by atoms with Crippen LogP contribution in [0.3, 0.4) is 0 Å². The maximum Gasteiger partial charge on any atom is 0.173 e. The van der Waals surface area contributed by atoms with Gasteiger partial charge in [0.15, 0.2) is 5.60 Å². The van der Waals surface area contributed by atoms with Crippen molar-refractivity contribution >= 4 is 0 Å². The van der Waals surface area contributed by atoms with Gasteiger partial charge in [-0.15, -0.1) is 0 Å². The molecule has 0 fully saturated rings. The minimum absolute atomic E-state index is 0.220. The molecule has 0 aliphatic carbocycles. The lowest BCUT2D eigenvalue weighted by Crippen LogP contribution is -2.28. The van der Waals surface area contributed by atoms with Gasteiger partial charge in [0.25, 0.3) is 0 Å². The molecule has 0 saturated heterocycles. The Morgan fingerprint density at radius 3 is 2.06 bits per heavy atom. The van der Waals surface area contributed by atoms with Gasteiger partial charge in [-0.2, -0.15) is 0 Å². The van der Waals surface area contributed by atoms with Crippen molar-refractivity contribution in [2.75, 3.05) is 20.3 Å². The van der Waals surface area contributed by atoms with Gasteiger partial charge >= 0.3 is 0 Å². The summed E-state index contributed by atoms with van der Waals surface area (Å²) in [5.41, 5.74) is 0.667. The first-order chi connectivity index (χ1) is 16.6. The summed E-state index contributed by atoms with van der Waals surface area (Å²) < 4.78 is 25.8. The van der Waals surface area contributed by atoms with Crippen LogP contribution in [0.2, 0.25) is 0 Å². The molecule has 0 atom stereocenters. The van der Waals surface area contributed by atoms with Gasteiger partial charge in [-0.3, -0.25) is 4.90 Å². The first-order valence-electron chi connectivity index (χ1n) is 11.5. The van der Waals surface area contributed by atoms with Gasteiger partial charge in [0.05, 0.1) is 6.54 Å². The molecule has 34 heavy (non-hydrogen) atoms. The highest BCUT2D eigenvalue weighted by Crippen LogP contribution is 2.37. The van der Waals surface area contributed by atoms with Gasteiger partial charge in [-0.05, 0) is 35.7 Å². The van der Waals surface area contributed by atoms with Crippen LogP contribution in [0.25, 0.3) is 0 Å². The molecule has 0 saturated carbocycles. The fraction of sp³-hybridized carbons (Fsp3) is 0.241. The van der Waals surface area contributed by atoms with Gasteiger partial charge in [0.2, 0.25) is 0 Å². The SMILES string of the molecule is COCCCN(Cc1ccc(C(O)(c2ccccc2)c2ccccc2)o1)Cc1ccccc1F. The molecule has 0 aliphatic rings. The Balaban J connectivity index is 1.62. The Labute approximate surface area is 200 Å². The highest BCUT2D eigenvalue weighted by atomic mass is 19.1. The minimum Gasteiger partial charge on any atom is -0.461 e. The second kappa shape index (κ2) is 11.3. The van der Waals surface area contributed by atoms with E-state index in [0.717, 1.165) is 24.1 Å². The highest BCUT2D eigenvalue weighted by Gasteiger charge is 2.37. The molecule has 1 heterocycles. The van der Waals surface area contributed by atoms with Crippen LogP contribution in [-0.2, 0) is 23.4 Å². The third kappa shape index (κ3) is 5.45. The van der Waals surface area contributed by atoms with Crippen molar-refractivity contribution in [2.24, 2.45) is 0 Å². The Bertz CT molecular complexity index is 1120. The van der Waals surface area contributed by atoms with Crippen molar-refractivity contribution in [3.63, 3.8) is 0 Å². The van der Waals surface area contributed by atoms with Crippen molar-refractivity contribution in [2.45, 2.75) is 25.1 Å². The van der Waals surface area contributed by atoms with Crippen molar-refractivity contribution in [3.05, 3.63) is 131 Å². The van der Waals surface area contributed by atoms with E-state index in [1.165, 1.54) is 6.07 Å². The lowest BCUT2D eigenvalue weighted by molar-refractivity contribution is 0.0947. The van der Waals surface area contributed by atoms with E-state index in [2.05, 4.69) is 4.90 Å². The Morgan fingerprint density at radius 2 is 1.44 bits per heavy atom. The predicted octanol–water partition coefficient (Wildman–Crippen LogP) is 5.74. The van der Waals surface area contributed by atoms with Gasteiger partial charge < -0.3 is 14.3 Å². The van der Waals surface area contributed by atoms with E-state index >= 15 is 0 Å². The second-order valence-electron chi connectivity index (χ2n) is 8.36. The summed E-state index contributed by atoms with van der Waals surface area (Å²) in [5, 5.41) is 11.9. The topological polar surface area (TPSA) is 45.8 Å². The Morgan fingerprint density at radius 1 is 0.824 bits per heavy atom. The van der Waals surface area contributed by atoms with Crippen molar-refractivity contribution in [1.82, 2.24) is 4.90 Å². The third-order valence-corrected chi connectivity index (χ3v) is 5.96. The van der Waals surface area contributed by atoms with Gasteiger partial charge in [-0.25, -0.2) is 4.39 Å². The summed E-state index contributed by atoms with van der Waals surface area (Å²) in [4.78, 5) is 2.13. The van der Waals surface area contributed by atoms with E-state index in [-0.39, 0.29) is 5.82 Å². The van der Waals surface area contributed by atoms with Gasteiger partial charge in [0.1, 0.15) is 17.3 Å². The molecule has 4 rings (SSSR count). The number of hydrogen-bond acceptors (Lipinski definition) is 4. The lowest BCUT2D eigenvalue weighted by Gasteiger charge is -2.27. The first kappa shape index (κ1) is 23.9. The lowest BCUT2D eigenvalue weighted by atomic mass is 9.84. The van der Waals surface area contributed by atoms with E-state index in [4.69, 9.17) is 9.15 Å². The van der Waals surface area contributed by atoms with Crippen LogP contribution in [0.5, 0.6) is 0 Å². The molecule has 4 aromatic rings. The third-order valence-electron chi connectivity index (χ3n) is 5.96. The van der Waals surface area contributed by atoms with E-state index in [1.807, 2.05) is 78.9 Å². The van der Waals surface area contributed by atoms with Gasteiger partial charge in [-0.1, -0.05) is 78.9 Å². The van der Waals surface area contributed by atoms with E-state index in [1.54, 1.807) is 19.2 Å². The number of methoxy groups -OCH3 is 1. The Hall–Kier alpha value is -3.25. The molecular weight excluding hydrogens is 429 g/mol. The molecule has 3 aromatic carbocycles. The van der Waals surface area contributed by atoms with Crippen LogP contribution in [0, 0.1) is 5.82 Å². The summed E-state index contributed by atoms with van der Waals surface area (Å²) in [7, 11) is 1.67.